The van der Waals surface area contributed by atoms with E-state index >= 15 is 0 Å². The molecule has 168 valence electrons. The summed E-state index contributed by atoms with van der Waals surface area (Å²) in [4.78, 5) is 20.0. The number of halogens is 5. The van der Waals surface area contributed by atoms with Gasteiger partial charge in [-0.15, -0.1) is 0 Å². The number of hydrogen-bond donors (Lipinski definition) is 1. The number of benzene rings is 2. The lowest BCUT2D eigenvalue weighted by molar-refractivity contribution is -0.137. The molecule has 0 saturated carbocycles. The van der Waals surface area contributed by atoms with Gasteiger partial charge in [0.25, 0.3) is 5.91 Å². The minimum atomic E-state index is -4.73. The molecule has 0 aliphatic heterocycles. The van der Waals surface area contributed by atoms with Gasteiger partial charge in [0.2, 0.25) is 15.0 Å². The first-order valence-corrected chi connectivity index (χ1v) is 11.3. The summed E-state index contributed by atoms with van der Waals surface area (Å²) < 4.78 is 64.6. The Morgan fingerprint density at radius 1 is 1.09 bits per heavy atom. The van der Waals surface area contributed by atoms with Crippen molar-refractivity contribution in [3.63, 3.8) is 0 Å². The van der Waals surface area contributed by atoms with Gasteiger partial charge in [-0.3, -0.25) is 4.79 Å². The monoisotopic (exact) mass is 503 g/mol. The molecule has 0 saturated heterocycles. The number of carbonyl (C=O) groups excluding carboxylic acids is 1. The zero-order valence-corrected chi connectivity index (χ0v) is 18.6. The molecule has 0 atom stereocenters. The molecule has 1 heterocycles. The highest BCUT2D eigenvalue weighted by Gasteiger charge is 2.33. The standard InChI is InChI=1S/C20H14Cl2F3N3O3S/c1-11-4-2-3-5-12(11)10-32(30,31)19-26-9-16(22)17(28-19)18(29)27-13-6-7-15(21)14(8-13)20(23,24)25/h2-9H,10H2,1H3,(H,27,29). The van der Waals surface area contributed by atoms with Crippen molar-refractivity contribution in [2.24, 2.45) is 0 Å². The fourth-order valence-electron chi connectivity index (χ4n) is 2.71. The van der Waals surface area contributed by atoms with Crippen LogP contribution in [0.5, 0.6) is 0 Å². The van der Waals surface area contributed by atoms with Gasteiger partial charge in [-0.2, -0.15) is 13.2 Å². The SMILES string of the molecule is Cc1ccccc1CS(=O)(=O)c1ncc(Cl)c(C(=O)Nc2ccc(Cl)c(C(F)(F)F)c2)n1. The highest BCUT2D eigenvalue weighted by atomic mass is 35.5. The number of rotatable bonds is 5. The maximum Gasteiger partial charge on any atom is 0.417 e. The molecule has 0 aliphatic carbocycles. The van der Waals surface area contributed by atoms with Crippen molar-refractivity contribution in [3.8, 4) is 0 Å². The predicted octanol–water partition coefficient (Wildman–Crippen LogP) is 5.34. The summed E-state index contributed by atoms with van der Waals surface area (Å²) in [5.41, 5.74) is -0.615. The van der Waals surface area contributed by atoms with E-state index in [1.54, 1.807) is 31.2 Å². The first kappa shape index (κ1) is 24.0. The first-order valence-electron chi connectivity index (χ1n) is 8.86. The second kappa shape index (κ2) is 9.05. The zero-order chi connectivity index (χ0) is 23.7. The first-order chi connectivity index (χ1) is 14.9. The van der Waals surface area contributed by atoms with Gasteiger partial charge in [-0.25, -0.2) is 18.4 Å². The molecule has 0 unspecified atom stereocenters. The van der Waals surface area contributed by atoms with E-state index in [2.05, 4.69) is 15.3 Å². The number of anilines is 1. The van der Waals surface area contributed by atoms with Gasteiger partial charge in [0, 0.05) is 5.69 Å². The van der Waals surface area contributed by atoms with Crippen molar-refractivity contribution in [2.45, 2.75) is 24.0 Å². The minimum absolute atomic E-state index is 0.231. The number of aryl methyl sites for hydroxylation is 1. The van der Waals surface area contributed by atoms with Crippen molar-refractivity contribution in [1.29, 1.82) is 0 Å². The van der Waals surface area contributed by atoms with Gasteiger partial charge in [0.1, 0.15) is 0 Å². The Morgan fingerprint density at radius 2 is 1.78 bits per heavy atom. The maximum absolute atomic E-state index is 13.0. The number of hydrogen-bond acceptors (Lipinski definition) is 5. The number of amides is 1. The summed E-state index contributed by atoms with van der Waals surface area (Å²) in [5, 5.41) is 0.755. The molecule has 0 radical (unpaired) electrons. The second-order valence-corrected chi connectivity index (χ2v) is 9.38. The van der Waals surface area contributed by atoms with E-state index in [1.165, 1.54) is 0 Å². The fraction of sp³-hybridized carbons (Fsp3) is 0.150. The normalized spacial score (nSPS) is 11.9. The lowest BCUT2D eigenvalue weighted by Gasteiger charge is -2.12. The summed E-state index contributed by atoms with van der Waals surface area (Å²) in [5.74, 6) is -1.42. The van der Waals surface area contributed by atoms with Crippen LogP contribution in [-0.2, 0) is 21.8 Å². The molecule has 1 aromatic heterocycles. The Kier molecular flexibility index (Phi) is 6.77. The van der Waals surface area contributed by atoms with Gasteiger partial charge in [-0.1, -0.05) is 47.5 Å². The van der Waals surface area contributed by atoms with Gasteiger partial charge in [0.15, 0.2) is 5.69 Å². The number of aromatic nitrogens is 2. The van der Waals surface area contributed by atoms with Crippen LogP contribution in [0.3, 0.4) is 0 Å². The van der Waals surface area contributed by atoms with E-state index < -0.39 is 49.1 Å². The third-order valence-corrected chi connectivity index (χ3v) is 6.40. The molecule has 1 N–H and O–H groups in total. The average Bonchev–Trinajstić information content (AvgIpc) is 2.70. The number of nitrogens with one attached hydrogen (secondary N) is 1. The predicted molar refractivity (Wildman–Crippen MR) is 114 cm³/mol. The lowest BCUT2D eigenvalue weighted by Crippen LogP contribution is -2.18. The molecule has 3 rings (SSSR count). The molecule has 3 aromatic rings. The van der Waals surface area contributed by atoms with E-state index in [9.17, 15) is 26.4 Å². The van der Waals surface area contributed by atoms with Crippen LogP contribution in [-0.4, -0.2) is 24.3 Å². The van der Waals surface area contributed by atoms with Crippen LogP contribution in [0, 0.1) is 6.92 Å². The smallest absolute Gasteiger partial charge is 0.321 e. The van der Waals surface area contributed by atoms with Crippen LogP contribution in [0.1, 0.15) is 27.2 Å². The Labute approximate surface area is 191 Å². The van der Waals surface area contributed by atoms with Crippen LogP contribution in [0.2, 0.25) is 10.0 Å². The van der Waals surface area contributed by atoms with Crippen LogP contribution >= 0.6 is 23.2 Å². The van der Waals surface area contributed by atoms with Gasteiger partial charge >= 0.3 is 6.18 Å². The summed E-state index contributed by atoms with van der Waals surface area (Å²) in [6.07, 6.45) is -3.79. The van der Waals surface area contributed by atoms with Crippen LogP contribution in [0.15, 0.2) is 53.8 Å². The number of nitrogens with zero attached hydrogens (tertiary/aromatic N) is 2. The Morgan fingerprint density at radius 3 is 2.44 bits per heavy atom. The summed E-state index contributed by atoms with van der Waals surface area (Å²) in [7, 11) is -4.04. The fourth-order valence-corrected chi connectivity index (χ4v) is 4.42. The largest absolute Gasteiger partial charge is 0.417 e. The van der Waals surface area contributed by atoms with E-state index in [0.29, 0.717) is 11.6 Å². The Bertz CT molecular complexity index is 1300. The average molecular weight is 504 g/mol. The van der Waals surface area contributed by atoms with Gasteiger partial charge < -0.3 is 5.32 Å². The highest BCUT2D eigenvalue weighted by molar-refractivity contribution is 7.90. The van der Waals surface area contributed by atoms with Crippen molar-refractivity contribution >= 4 is 44.6 Å². The molecule has 0 bridgehead atoms. The lowest BCUT2D eigenvalue weighted by atomic mass is 10.1. The van der Waals surface area contributed by atoms with E-state index in [-0.39, 0.29) is 10.7 Å². The summed E-state index contributed by atoms with van der Waals surface area (Å²) >= 11 is 11.5. The van der Waals surface area contributed by atoms with E-state index in [4.69, 9.17) is 23.2 Å². The topological polar surface area (TPSA) is 89.0 Å². The highest BCUT2D eigenvalue weighted by Crippen LogP contribution is 2.36. The summed E-state index contributed by atoms with van der Waals surface area (Å²) in [6.45, 7) is 1.74. The quantitative estimate of drug-likeness (QED) is 0.474. The molecular weight excluding hydrogens is 490 g/mol. The van der Waals surface area contributed by atoms with E-state index in [1.807, 2.05) is 0 Å². The third kappa shape index (κ3) is 5.37. The van der Waals surface area contributed by atoms with Gasteiger partial charge in [-0.05, 0) is 36.2 Å². The van der Waals surface area contributed by atoms with Gasteiger partial charge in [0.05, 0.1) is 27.6 Å². The molecule has 2 aromatic carbocycles. The van der Waals surface area contributed by atoms with Crippen LogP contribution < -0.4 is 5.32 Å². The third-order valence-electron chi connectivity index (χ3n) is 4.35. The Balaban J connectivity index is 1.90. The molecule has 32 heavy (non-hydrogen) atoms. The van der Waals surface area contributed by atoms with Crippen molar-refractivity contribution < 1.29 is 26.4 Å². The summed E-state index contributed by atoms with van der Waals surface area (Å²) in [6, 6.07) is 9.59. The molecule has 12 heteroatoms. The van der Waals surface area contributed by atoms with E-state index in [0.717, 1.165) is 23.9 Å². The maximum atomic E-state index is 13.0. The number of sulfone groups is 1. The number of alkyl halides is 3. The zero-order valence-electron chi connectivity index (χ0n) is 16.2. The molecule has 6 nitrogen and oxygen atoms in total. The van der Waals surface area contributed by atoms with Crippen LogP contribution in [0.4, 0.5) is 18.9 Å². The van der Waals surface area contributed by atoms with Crippen molar-refractivity contribution in [1.82, 2.24) is 9.97 Å². The molecule has 0 fully saturated rings. The van der Waals surface area contributed by atoms with Crippen molar-refractivity contribution in [2.75, 3.05) is 5.32 Å². The molecule has 0 aliphatic rings. The molecule has 0 spiro atoms. The second-order valence-electron chi connectivity index (χ2n) is 6.68. The number of carbonyl (C=O) groups is 1. The Hall–Kier alpha value is -2.69. The molecular formula is C20H14Cl2F3N3O3S. The van der Waals surface area contributed by atoms with Crippen LogP contribution in [0.25, 0.3) is 0 Å². The van der Waals surface area contributed by atoms with Crippen molar-refractivity contribution in [3.05, 3.63) is 81.1 Å². The minimum Gasteiger partial charge on any atom is -0.321 e. The molecule has 1 amide bonds.